The maximum atomic E-state index is 13.0. The first kappa shape index (κ1) is 27.1. The Morgan fingerprint density at radius 2 is 2.05 bits per heavy atom. The molecule has 3 heterocycles. The fourth-order valence-electron chi connectivity index (χ4n) is 4.92. The Labute approximate surface area is 228 Å². The molecule has 0 spiro atoms. The Morgan fingerprint density at radius 1 is 1.23 bits per heavy atom. The van der Waals surface area contributed by atoms with Gasteiger partial charge in [0.1, 0.15) is 17.7 Å². The Morgan fingerprint density at radius 3 is 2.74 bits per heavy atom. The zero-order valence-electron chi connectivity index (χ0n) is 21.7. The van der Waals surface area contributed by atoms with Gasteiger partial charge in [-0.15, -0.1) is 0 Å². The van der Waals surface area contributed by atoms with Gasteiger partial charge in [-0.05, 0) is 47.9 Å². The van der Waals surface area contributed by atoms with Crippen LogP contribution in [0.5, 0.6) is 0 Å². The topological polar surface area (TPSA) is 133 Å². The van der Waals surface area contributed by atoms with Crippen molar-refractivity contribution < 1.29 is 27.4 Å². The number of fused-ring (bicyclic) bond motifs is 1. The van der Waals surface area contributed by atoms with Crippen molar-refractivity contribution in [2.24, 2.45) is 5.92 Å². The van der Waals surface area contributed by atoms with E-state index >= 15 is 0 Å². The highest BCUT2D eigenvalue weighted by Crippen LogP contribution is 2.39. The quantitative estimate of drug-likeness (QED) is 0.469. The van der Waals surface area contributed by atoms with Crippen LogP contribution in [0.4, 0.5) is 5.82 Å². The van der Waals surface area contributed by atoms with E-state index in [2.05, 4.69) is 10.3 Å². The second-order valence-electron chi connectivity index (χ2n) is 9.51. The number of rotatable bonds is 8. The van der Waals surface area contributed by atoms with Gasteiger partial charge in [-0.25, -0.2) is 13.4 Å². The fraction of sp³-hybridized carbons (Fsp3) is 0.357. The molecule has 0 aromatic carbocycles. The molecule has 0 radical (unpaired) electrons. The number of sulfonamides is 1. The number of carbonyl (C=O) groups excluding carboxylic acids is 1. The van der Waals surface area contributed by atoms with Crippen LogP contribution in [0, 0.1) is 5.92 Å². The highest BCUT2D eigenvalue weighted by atomic mass is 32.2. The maximum absolute atomic E-state index is 13.0. The Kier molecular flexibility index (Phi) is 8.12. The van der Waals surface area contributed by atoms with Gasteiger partial charge in [0, 0.05) is 44.0 Å². The third kappa shape index (κ3) is 6.06. The molecule has 1 aromatic rings. The number of nitrogens with two attached hydrogens (primary N) is 1. The van der Waals surface area contributed by atoms with E-state index in [4.69, 9.17) is 19.9 Å². The second kappa shape index (κ2) is 11.7. The number of carbonyl (C=O) groups is 1. The number of nitrogen functional groups attached to an aromatic ring is 1. The first-order chi connectivity index (χ1) is 18.8. The Balaban J connectivity index is 1.26. The molecule has 10 nitrogen and oxygen atoms in total. The molecular weight excluding hydrogens is 520 g/mol. The lowest BCUT2D eigenvalue weighted by atomic mass is 9.83. The molecule has 1 saturated heterocycles. The lowest BCUT2D eigenvalue weighted by molar-refractivity contribution is -0.116. The number of methoxy groups -OCH3 is 1. The number of morpholine rings is 1. The van der Waals surface area contributed by atoms with Crippen LogP contribution < -0.4 is 11.1 Å². The van der Waals surface area contributed by atoms with Gasteiger partial charge in [-0.1, -0.05) is 24.3 Å². The van der Waals surface area contributed by atoms with Gasteiger partial charge in [-0.2, -0.15) is 4.31 Å². The lowest BCUT2D eigenvalue weighted by Crippen LogP contribution is -2.41. The van der Waals surface area contributed by atoms with Crippen LogP contribution in [0.2, 0.25) is 0 Å². The monoisotopic (exact) mass is 552 g/mol. The zero-order valence-corrected chi connectivity index (χ0v) is 22.5. The lowest BCUT2D eigenvalue weighted by Gasteiger charge is -2.30. The molecule has 3 N–H and O–H groups in total. The zero-order chi connectivity index (χ0) is 27.4. The third-order valence-electron chi connectivity index (χ3n) is 7.02. The number of hydrogen-bond acceptors (Lipinski definition) is 8. The molecule has 11 heteroatoms. The molecule has 3 atom stereocenters. The van der Waals surface area contributed by atoms with Crippen molar-refractivity contribution >= 4 is 27.8 Å². The van der Waals surface area contributed by atoms with Crippen molar-refractivity contribution in [2.45, 2.75) is 18.6 Å². The average molecular weight is 553 g/mol. The molecule has 4 aliphatic rings. The number of allylic oxidation sites excluding steroid dienone is 5. The van der Waals surface area contributed by atoms with E-state index in [-0.39, 0.29) is 30.6 Å². The largest absolute Gasteiger partial charge is 0.485 e. The van der Waals surface area contributed by atoms with E-state index in [1.54, 1.807) is 43.7 Å². The minimum absolute atomic E-state index is 0.00885. The Bertz CT molecular complexity index is 1390. The minimum Gasteiger partial charge on any atom is -0.485 e. The van der Waals surface area contributed by atoms with Crippen molar-refractivity contribution in [3.05, 3.63) is 88.2 Å². The van der Waals surface area contributed by atoms with Crippen molar-refractivity contribution in [1.29, 1.82) is 0 Å². The van der Waals surface area contributed by atoms with Gasteiger partial charge < -0.3 is 25.3 Å². The van der Waals surface area contributed by atoms with E-state index in [0.717, 1.165) is 16.7 Å². The molecule has 1 aromatic heterocycles. The number of ether oxygens (including phenoxy) is 3. The van der Waals surface area contributed by atoms with Crippen molar-refractivity contribution in [1.82, 2.24) is 14.6 Å². The predicted molar refractivity (Wildman–Crippen MR) is 147 cm³/mol. The highest BCUT2D eigenvalue weighted by molar-refractivity contribution is 7.93. The van der Waals surface area contributed by atoms with Gasteiger partial charge in [0.25, 0.3) is 0 Å². The van der Waals surface area contributed by atoms with Crippen molar-refractivity contribution in [3.8, 4) is 0 Å². The average Bonchev–Trinajstić information content (AvgIpc) is 3.40. The molecule has 3 unspecified atom stereocenters. The molecular formula is C28H32N4O6S. The summed E-state index contributed by atoms with van der Waals surface area (Å²) < 4.78 is 44.6. The number of amides is 1. The number of aromatic nitrogens is 1. The van der Waals surface area contributed by atoms with Crippen LogP contribution in [-0.4, -0.2) is 75.8 Å². The summed E-state index contributed by atoms with van der Waals surface area (Å²) in [6, 6.07) is 3.45. The summed E-state index contributed by atoms with van der Waals surface area (Å²) >= 11 is 0. The van der Waals surface area contributed by atoms with Crippen LogP contribution in [0.25, 0.3) is 6.08 Å². The summed E-state index contributed by atoms with van der Waals surface area (Å²) in [5, 5.41) is 2.85. The van der Waals surface area contributed by atoms with E-state index in [1.807, 2.05) is 24.3 Å². The summed E-state index contributed by atoms with van der Waals surface area (Å²) in [6.45, 7) is 1.77. The van der Waals surface area contributed by atoms with Crippen LogP contribution in [0.15, 0.2) is 82.7 Å². The van der Waals surface area contributed by atoms with E-state index in [0.29, 0.717) is 49.2 Å². The van der Waals surface area contributed by atoms with Crippen LogP contribution >= 0.6 is 0 Å². The summed E-state index contributed by atoms with van der Waals surface area (Å²) in [5.41, 5.74) is 8.37. The van der Waals surface area contributed by atoms with Crippen LogP contribution in [0.1, 0.15) is 12.0 Å². The molecule has 0 saturated carbocycles. The summed E-state index contributed by atoms with van der Waals surface area (Å²) in [7, 11) is -1.91. The molecule has 39 heavy (non-hydrogen) atoms. The number of pyridine rings is 1. The SMILES string of the molecule is COC1C=CC(C2C=CC(S(=O)(=O)N3CCOCC3)=CC2)=C2C=C(CNC(=O)C=Cc3ccc(N)nc3)OC21. The number of nitrogens with zero attached hydrogens (tertiary/aromatic N) is 2. The smallest absolute Gasteiger partial charge is 0.244 e. The van der Waals surface area contributed by atoms with Crippen LogP contribution in [0.3, 0.4) is 0 Å². The Hall–Kier alpha value is -3.51. The molecule has 2 aliphatic heterocycles. The maximum Gasteiger partial charge on any atom is 0.244 e. The first-order valence-corrected chi connectivity index (χ1v) is 14.2. The second-order valence-corrected chi connectivity index (χ2v) is 11.4. The standard InChI is InChI=1S/C28H32N4O6S/c1-36-25-9-8-23(20-4-6-22(7-5-20)39(34,35)32-12-14-37-15-13-32)24-16-21(38-28(24)25)18-31-27(33)11-3-19-2-10-26(29)30-17-19/h2-4,6-11,16-17,20,25,28H,5,12-15,18H2,1H3,(H2,29,30)(H,31,33). The summed E-state index contributed by atoms with van der Waals surface area (Å²) in [4.78, 5) is 16.7. The van der Waals surface area contributed by atoms with Gasteiger partial charge >= 0.3 is 0 Å². The summed E-state index contributed by atoms with van der Waals surface area (Å²) in [5.74, 6) is 0.765. The van der Waals surface area contributed by atoms with Crippen molar-refractivity contribution in [3.63, 3.8) is 0 Å². The minimum atomic E-state index is -3.54. The fourth-order valence-corrected chi connectivity index (χ4v) is 6.40. The number of nitrogens with one attached hydrogen (secondary N) is 1. The predicted octanol–water partition coefficient (Wildman–Crippen LogP) is 2.08. The third-order valence-corrected chi connectivity index (χ3v) is 8.96. The van der Waals surface area contributed by atoms with Crippen molar-refractivity contribution in [2.75, 3.05) is 45.7 Å². The molecule has 206 valence electrons. The van der Waals surface area contributed by atoms with E-state index in [1.165, 1.54) is 10.4 Å². The first-order valence-electron chi connectivity index (χ1n) is 12.8. The number of anilines is 1. The molecule has 1 amide bonds. The molecule has 1 fully saturated rings. The van der Waals surface area contributed by atoms with Gasteiger partial charge in [0.05, 0.1) is 24.7 Å². The van der Waals surface area contributed by atoms with Gasteiger partial charge in [-0.3, -0.25) is 4.79 Å². The van der Waals surface area contributed by atoms with E-state index in [9.17, 15) is 13.2 Å². The molecule has 5 rings (SSSR count). The molecule has 2 aliphatic carbocycles. The summed E-state index contributed by atoms with van der Waals surface area (Å²) in [6.07, 6.45) is 16.0. The normalized spacial score (nSPS) is 25.3. The molecule has 0 bridgehead atoms. The van der Waals surface area contributed by atoms with E-state index < -0.39 is 10.0 Å². The number of hydrogen-bond donors (Lipinski definition) is 2. The van der Waals surface area contributed by atoms with Gasteiger partial charge in [0.15, 0.2) is 6.10 Å². The van der Waals surface area contributed by atoms with Gasteiger partial charge in [0.2, 0.25) is 15.9 Å². The highest BCUT2D eigenvalue weighted by Gasteiger charge is 2.36. The van der Waals surface area contributed by atoms with Crippen LogP contribution in [-0.2, 0) is 29.0 Å².